The van der Waals surface area contributed by atoms with Crippen molar-refractivity contribution in [1.82, 2.24) is 4.57 Å². The minimum absolute atomic E-state index is 0.189. The monoisotopic (exact) mass is 692 g/mol. The van der Waals surface area contributed by atoms with Crippen LogP contribution in [0.5, 0.6) is 0 Å². The summed E-state index contributed by atoms with van der Waals surface area (Å²) in [5.74, 6) is 1.72. The topological polar surface area (TPSA) is 86.9 Å². The Hall–Kier alpha value is -3.73. The molecule has 0 radical (unpaired) electrons. The first-order valence-electron chi connectivity index (χ1n) is 12.7. The minimum Gasteiger partial charge on any atom is -0.463 e. The van der Waals surface area contributed by atoms with Crippen LogP contribution < -0.4 is 14.9 Å². The number of thiazole rings is 1. The van der Waals surface area contributed by atoms with Crippen LogP contribution in [-0.4, -0.2) is 17.1 Å². The van der Waals surface area contributed by atoms with Gasteiger partial charge in [0.1, 0.15) is 29.1 Å². The van der Waals surface area contributed by atoms with Crippen LogP contribution in [0.3, 0.4) is 0 Å². The summed E-state index contributed by atoms with van der Waals surface area (Å²) in [4.78, 5) is 32.1. The second-order valence-electron chi connectivity index (χ2n) is 9.22. The quantitative estimate of drug-likeness (QED) is 0.182. The van der Waals surface area contributed by atoms with Gasteiger partial charge in [-0.15, -0.1) is 0 Å². The molecule has 4 heterocycles. The molecule has 0 spiro atoms. The van der Waals surface area contributed by atoms with Crippen molar-refractivity contribution in [3.63, 3.8) is 0 Å². The molecule has 2 aromatic carbocycles. The number of carbonyl (C=O) groups excluding carboxylic acids is 1. The molecule has 0 fully saturated rings. The number of allylic oxidation sites excluding steroid dienone is 1. The minimum atomic E-state index is -0.841. The second kappa shape index (κ2) is 11.3. The molecule has 10 heteroatoms. The molecule has 0 bridgehead atoms. The Kier molecular flexibility index (Phi) is 7.54. The van der Waals surface area contributed by atoms with E-state index in [1.54, 1.807) is 26.0 Å². The van der Waals surface area contributed by atoms with Crippen molar-refractivity contribution in [3.05, 3.63) is 124 Å². The average Bonchev–Trinajstić information content (AvgIpc) is 3.69. The standard InChI is InChI=1S/C31H22Br2N2O5S/c1-3-38-30(37)27-17(2)34-31-35(28(27)25-15-14-24(40-25)19-6-10-21(33)11-7-19)29(36)26(41-31)16-22-12-13-23(39-22)18-4-8-20(32)9-5-18/h4-16,28H,3H2,1-2H3/b26-16-/t28-/m1/s1. The normalized spacial score (nSPS) is 15.1. The fourth-order valence-corrected chi connectivity index (χ4v) is 6.21. The number of rotatable bonds is 6. The van der Waals surface area contributed by atoms with Crippen molar-refractivity contribution in [2.45, 2.75) is 19.9 Å². The molecule has 0 amide bonds. The Morgan fingerprint density at radius 3 is 2.20 bits per heavy atom. The van der Waals surface area contributed by atoms with Gasteiger partial charge in [0.25, 0.3) is 5.56 Å². The van der Waals surface area contributed by atoms with Crippen LogP contribution in [0.2, 0.25) is 0 Å². The number of carbonyl (C=O) groups is 1. The summed E-state index contributed by atoms with van der Waals surface area (Å²) in [7, 11) is 0. The highest BCUT2D eigenvalue weighted by molar-refractivity contribution is 9.10. The molecule has 6 rings (SSSR count). The number of nitrogens with zero attached hydrogens (tertiary/aromatic N) is 2. The second-order valence-corrected chi connectivity index (χ2v) is 12.1. The van der Waals surface area contributed by atoms with Crippen molar-refractivity contribution < 1.29 is 18.4 Å². The van der Waals surface area contributed by atoms with Crippen molar-refractivity contribution in [2.75, 3.05) is 6.61 Å². The molecule has 41 heavy (non-hydrogen) atoms. The highest BCUT2D eigenvalue weighted by Crippen LogP contribution is 2.34. The highest BCUT2D eigenvalue weighted by Gasteiger charge is 2.35. The van der Waals surface area contributed by atoms with Gasteiger partial charge in [-0.25, -0.2) is 9.79 Å². The van der Waals surface area contributed by atoms with Crippen LogP contribution in [-0.2, 0) is 9.53 Å². The first-order chi connectivity index (χ1) is 19.8. The molecule has 0 aliphatic carbocycles. The molecule has 206 valence electrons. The third kappa shape index (κ3) is 5.35. The number of esters is 1. The summed E-state index contributed by atoms with van der Waals surface area (Å²) >= 11 is 8.12. The Bertz CT molecular complexity index is 1980. The lowest BCUT2D eigenvalue weighted by Gasteiger charge is -2.22. The van der Waals surface area contributed by atoms with Crippen LogP contribution >= 0.6 is 43.2 Å². The summed E-state index contributed by atoms with van der Waals surface area (Å²) in [6.07, 6.45) is 1.70. The lowest BCUT2D eigenvalue weighted by Crippen LogP contribution is -2.39. The molecular formula is C31H22Br2N2O5S. The molecular weight excluding hydrogens is 672 g/mol. The van der Waals surface area contributed by atoms with Crippen molar-refractivity contribution in [3.8, 4) is 22.6 Å². The van der Waals surface area contributed by atoms with Gasteiger partial charge in [-0.1, -0.05) is 67.5 Å². The number of furan rings is 2. The van der Waals surface area contributed by atoms with Gasteiger partial charge in [-0.3, -0.25) is 9.36 Å². The molecule has 1 atom stereocenters. The number of fused-ring (bicyclic) bond motifs is 1. The van der Waals surface area contributed by atoms with E-state index in [9.17, 15) is 9.59 Å². The van der Waals surface area contributed by atoms with Gasteiger partial charge in [0.15, 0.2) is 4.80 Å². The van der Waals surface area contributed by atoms with E-state index in [0.29, 0.717) is 38.1 Å². The Balaban J connectivity index is 1.45. The van der Waals surface area contributed by atoms with E-state index >= 15 is 0 Å². The average molecular weight is 694 g/mol. The molecule has 0 unspecified atom stereocenters. The third-order valence-electron chi connectivity index (χ3n) is 6.57. The van der Waals surface area contributed by atoms with Crippen molar-refractivity contribution >= 4 is 55.2 Å². The third-order valence-corrected chi connectivity index (χ3v) is 8.61. The number of hydrogen-bond acceptors (Lipinski definition) is 7. The SMILES string of the molecule is CCOC(=O)C1=C(C)N=c2s/c(=C\c3ccc(-c4ccc(Br)cc4)o3)c(=O)n2[C@@H]1c1ccc(-c2ccc(Br)cc2)o1. The molecule has 0 saturated carbocycles. The zero-order valence-electron chi connectivity index (χ0n) is 21.9. The van der Waals surface area contributed by atoms with Crippen LogP contribution in [0.25, 0.3) is 28.7 Å². The lowest BCUT2D eigenvalue weighted by molar-refractivity contribution is -0.139. The first kappa shape index (κ1) is 27.4. The van der Waals surface area contributed by atoms with Gasteiger partial charge in [0, 0.05) is 26.1 Å². The summed E-state index contributed by atoms with van der Waals surface area (Å²) in [6.45, 7) is 3.67. The van der Waals surface area contributed by atoms with Crippen LogP contribution in [0.4, 0.5) is 0 Å². The summed E-state index contributed by atoms with van der Waals surface area (Å²) in [6, 6.07) is 21.9. The zero-order chi connectivity index (χ0) is 28.7. The van der Waals surface area contributed by atoms with E-state index in [0.717, 1.165) is 20.1 Å². The Morgan fingerprint density at radius 1 is 0.951 bits per heavy atom. The van der Waals surface area contributed by atoms with Crippen LogP contribution in [0.15, 0.2) is 112 Å². The van der Waals surface area contributed by atoms with Gasteiger partial charge in [0.2, 0.25) is 0 Å². The Morgan fingerprint density at radius 2 is 1.56 bits per heavy atom. The molecule has 1 aliphatic rings. The number of benzene rings is 2. The zero-order valence-corrected chi connectivity index (χ0v) is 25.9. The molecule has 0 N–H and O–H groups in total. The van der Waals surface area contributed by atoms with E-state index in [4.69, 9.17) is 13.6 Å². The molecule has 1 aliphatic heterocycles. The highest BCUT2D eigenvalue weighted by atomic mass is 79.9. The molecule has 3 aromatic heterocycles. The first-order valence-corrected chi connectivity index (χ1v) is 15.1. The summed E-state index contributed by atoms with van der Waals surface area (Å²) in [5.41, 5.74) is 2.21. The smallest absolute Gasteiger partial charge is 0.338 e. The predicted molar refractivity (Wildman–Crippen MR) is 164 cm³/mol. The maximum Gasteiger partial charge on any atom is 0.338 e. The van der Waals surface area contributed by atoms with E-state index in [-0.39, 0.29) is 17.7 Å². The summed E-state index contributed by atoms with van der Waals surface area (Å²) < 4.78 is 21.5. The maximum absolute atomic E-state index is 13.9. The van der Waals surface area contributed by atoms with Crippen LogP contribution in [0.1, 0.15) is 31.4 Å². The maximum atomic E-state index is 13.9. The fourth-order valence-electron chi connectivity index (χ4n) is 4.66. The van der Waals surface area contributed by atoms with E-state index < -0.39 is 12.0 Å². The Labute approximate surface area is 255 Å². The molecule has 0 saturated heterocycles. The van der Waals surface area contributed by atoms with Gasteiger partial charge in [0.05, 0.1) is 22.4 Å². The van der Waals surface area contributed by atoms with E-state index in [2.05, 4.69) is 36.9 Å². The van der Waals surface area contributed by atoms with Crippen molar-refractivity contribution in [2.24, 2.45) is 4.99 Å². The van der Waals surface area contributed by atoms with Gasteiger partial charge >= 0.3 is 5.97 Å². The van der Waals surface area contributed by atoms with E-state index in [1.807, 2.05) is 66.7 Å². The van der Waals surface area contributed by atoms with Gasteiger partial charge < -0.3 is 13.6 Å². The number of hydrogen-bond donors (Lipinski definition) is 0. The fraction of sp³-hybridized carbons (Fsp3) is 0.129. The van der Waals surface area contributed by atoms with Crippen LogP contribution in [0, 0.1) is 0 Å². The number of aromatic nitrogens is 1. The van der Waals surface area contributed by atoms with Gasteiger partial charge in [-0.05, 0) is 62.4 Å². The largest absolute Gasteiger partial charge is 0.463 e. The predicted octanol–water partition coefficient (Wildman–Crippen LogP) is 6.84. The van der Waals surface area contributed by atoms with Gasteiger partial charge in [-0.2, -0.15) is 0 Å². The van der Waals surface area contributed by atoms with E-state index in [1.165, 1.54) is 15.9 Å². The summed E-state index contributed by atoms with van der Waals surface area (Å²) in [5, 5.41) is 0. The van der Waals surface area contributed by atoms with Crippen molar-refractivity contribution in [1.29, 1.82) is 0 Å². The number of halogens is 2. The number of ether oxygens (including phenoxy) is 1. The molecule has 5 aromatic rings. The lowest BCUT2D eigenvalue weighted by atomic mass is 10.0. The molecule has 7 nitrogen and oxygen atoms in total.